The van der Waals surface area contributed by atoms with E-state index in [0.717, 1.165) is 12.1 Å². The standard InChI is InChI=1S/C11H11F3O2/c1-7(6-10(15)16)8-2-4-9(5-3-8)11(12,13)14/h2-5,7H,6H2,1H3,(H,15,16). The molecule has 0 aliphatic carbocycles. The van der Waals surface area contributed by atoms with Crippen molar-refractivity contribution in [3.63, 3.8) is 0 Å². The van der Waals surface area contributed by atoms with Crippen molar-refractivity contribution in [2.45, 2.75) is 25.4 Å². The summed E-state index contributed by atoms with van der Waals surface area (Å²) in [5.74, 6) is -1.26. The van der Waals surface area contributed by atoms with Gasteiger partial charge in [0.2, 0.25) is 0 Å². The van der Waals surface area contributed by atoms with Gasteiger partial charge in [-0.1, -0.05) is 19.1 Å². The molecule has 1 aromatic rings. The van der Waals surface area contributed by atoms with Crippen LogP contribution in [0.2, 0.25) is 0 Å². The lowest BCUT2D eigenvalue weighted by Gasteiger charge is -2.11. The summed E-state index contributed by atoms with van der Waals surface area (Å²) < 4.78 is 36.7. The molecular weight excluding hydrogens is 221 g/mol. The summed E-state index contributed by atoms with van der Waals surface area (Å²) in [4.78, 5) is 10.4. The van der Waals surface area contributed by atoms with Crippen molar-refractivity contribution in [1.29, 1.82) is 0 Å². The van der Waals surface area contributed by atoms with Gasteiger partial charge in [0.1, 0.15) is 0 Å². The summed E-state index contributed by atoms with van der Waals surface area (Å²) in [6.07, 6.45) is -4.44. The van der Waals surface area contributed by atoms with E-state index in [2.05, 4.69) is 0 Å². The average Bonchev–Trinajstić information content (AvgIpc) is 2.15. The van der Waals surface area contributed by atoms with Crippen LogP contribution in [0.3, 0.4) is 0 Å². The molecule has 1 rings (SSSR count). The Morgan fingerprint density at radius 1 is 1.31 bits per heavy atom. The summed E-state index contributed by atoms with van der Waals surface area (Å²) in [6, 6.07) is 4.56. The smallest absolute Gasteiger partial charge is 0.416 e. The molecule has 0 bridgehead atoms. The van der Waals surface area contributed by atoms with Crippen LogP contribution in [0.5, 0.6) is 0 Å². The van der Waals surface area contributed by atoms with Crippen LogP contribution >= 0.6 is 0 Å². The Kier molecular flexibility index (Phi) is 3.57. The van der Waals surface area contributed by atoms with E-state index in [9.17, 15) is 18.0 Å². The highest BCUT2D eigenvalue weighted by Gasteiger charge is 2.30. The Morgan fingerprint density at radius 2 is 1.81 bits per heavy atom. The van der Waals surface area contributed by atoms with Crippen LogP contribution < -0.4 is 0 Å². The summed E-state index contributed by atoms with van der Waals surface area (Å²) >= 11 is 0. The van der Waals surface area contributed by atoms with Crippen LogP contribution in [-0.4, -0.2) is 11.1 Å². The molecule has 88 valence electrons. The monoisotopic (exact) mass is 232 g/mol. The second-order valence-corrected chi connectivity index (χ2v) is 3.62. The molecule has 1 N–H and O–H groups in total. The van der Waals surface area contributed by atoms with E-state index in [1.54, 1.807) is 6.92 Å². The summed E-state index contributed by atoms with van der Waals surface area (Å²) in [7, 11) is 0. The van der Waals surface area contributed by atoms with E-state index in [1.807, 2.05) is 0 Å². The summed E-state index contributed by atoms with van der Waals surface area (Å²) in [6.45, 7) is 1.66. The Hall–Kier alpha value is -1.52. The fourth-order valence-electron chi connectivity index (χ4n) is 1.38. The number of halogens is 3. The van der Waals surface area contributed by atoms with Gasteiger partial charge < -0.3 is 5.11 Å². The number of carbonyl (C=O) groups is 1. The molecule has 0 aliphatic heterocycles. The first kappa shape index (κ1) is 12.5. The minimum atomic E-state index is -4.35. The van der Waals surface area contributed by atoms with Gasteiger partial charge in [-0.05, 0) is 23.6 Å². The molecular formula is C11H11F3O2. The predicted octanol–water partition coefficient (Wildman–Crippen LogP) is 3.28. The molecule has 1 atom stereocenters. The fraction of sp³-hybridized carbons (Fsp3) is 0.364. The molecule has 0 fully saturated rings. The van der Waals surface area contributed by atoms with Crippen LogP contribution in [-0.2, 0) is 11.0 Å². The fourth-order valence-corrected chi connectivity index (χ4v) is 1.38. The van der Waals surface area contributed by atoms with E-state index in [-0.39, 0.29) is 12.3 Å². The van der Waals surface area contributed by atoms with E-state index in [1.165, 1.54) is 12.1 Å². The normalized spacial score (nSPS) is 13.5. The molecule has 0 saturated carbocycles. The topological polar surface area (TPSA) is 37.3 Å². The lowest BCUT2D eigenvalue weighted by Crippen LogP contribution is -2.06. The summed E-state index contributed by atoms with van der Waals surface area (Å²) in [5, 5.41) is 8.55. The number of alkyl halides is 3. The first-order valence-electron chi connectivity index (χ1n) is 4.69. The number of rotatable bonds is 3. The second-order valence-electron chi connectivity index (χ2n) is 3.62. The Bertz CT molecular complexity index is 368. The van der Waals surface area contributed by atoms with Gasteiger partial charge >= 0.3 is 12.1 Å². The van der Waals surface area contributed by atoms with Gasteiger partial charge in [-0.15, -0.1) is 0 Å². The molecule has 0 aliphatic rings. The predicted molar refractivity (Wildman–Crippen MR) is 52.1 cm³/mol. The van der Waals surface area contributed by atoms with Crippen LogP contribution in [0.4, 0.5) is 13.2 Å². The maximum absolute atomic E-state index is 12.2. The number of carboxylic acid groups (broad SMARTS) is 1. The van der Waals surface area contributed by atoms with E-state index >= 15 is 0 Å². The van der Waals surface area contributed by atoms with Crippen molar-refractivity contribution in [3.05, 3.63) is 35.4 Å². The highest BCUT2D eigenvalue weighted by atomic mass is 19.4. The largest absolute Gasteiger partial charge is 0.481 e. The van der Waals surface area contributed by atoms with Crippen LogP contribution in [0.15, 0.2) is 24.3 Å². The summed E-state index contributed by atoms with van der Waals surface area (Å²) in [5.41, 5.74) is -0.130. The number of hydrogen-bond donors (Lipinski definition) is 1. The van der Waals surface area contributed by atoms with E-state index in [4.69, 9.17) is 5.11 Å². The van der Waals surface area contributed by atoms with Crippen molar-refractivity contribution in [2.24, 2.45) is 0 Å². The Morgan fingerprint density at radius 3 is 2.19 bits per heavy atom. The van der Waals surface area contributed by atoms with Gasteiger partial charge in [0.25, 0.3) is 0 Å². The van der Waals surface area contributed by atoms with Gasteiger partial charge in [0.05, 0.1) is 12.0 Å². The highest BCUT2D eigenvalue weighted by Crippen LogP contribution is 2.30. The SMILES string of the molecule is CC(CC(=O)O)c1ccc(C(F)(F)F)cc1. The quantitative estimate of drug-likeness (QED) is 0.868. The number of carboxylic acids is 1. The van der Waals surface area contributed by atoms with E-state index < -0.39 is 17.7 Å². The molecule has 1 aromatic carbocycles. The molecule has 0 saturated heterocycles. The van der Waals surface area contributed by atoms with Crippen LogP contribution in [0.1, 0.15) is 30.4 Å². The van der Waals surface area contributed by atoms with Crippen LogP contribution in [0.25, 0.3) is 0 Å². The van der Waals surface area contributed by atoms with Crippen molar-refractivity contribution in [1.82, 2.24) is 0 Å². The third-order valence-electron chi connectivity index (χ3n) is 2.29. The molecule has 0 radical (unpaired) electrons. The first-order valence-corrected chi connectivity index (χ1v) is 4.69. The van der Waals surface area contributed by atoms with Gasteiger partial charge in [-0.3, -0.25) is 4.79 Å². The number of hydrogen-bond acceptors (Lipinski definition) is 1. The van der Waals surface area contributed by atoms with Gasteiger partial charge in [-0.2, -0.15) is 13.2 Å². The average molecular weight is 232 g/mol. The molecule has 0 aromatic heterocycles. The van der Waals surface area contributed by atoms with Crippen LogP contribution in [0, 0.1) is 0 Å². The molecule has 0 spiro atoms. The van der Waals surface area contributed by atoms with Crippen molar-refractivity contribution in [2.75, 3.05) is 0 Å². The highest BCUT2D eigenvalue weighted by molar-refractivity contribution is 5.67. The zero-order chi connectivity index (χ0) is 12.3. The number of aliphatic carboxylic acids is 1. The third kappa shape index (κ3) is 3.25. The lowest BCUT2D eigenvalue weighted by molar-refractivity contribution is -0.138. The maximum Gasteiger partial charge on any atom is 0.416 e. The Labute approximate surface area is 90.7 Å². The Balaban J connectivity index is 2.83. The minimum Gasteiger partial charge on any atom is -0.481 e. The van der Waals surface area contributed by atoms with Crippen molar-refractivity contribution >= 4 is 5.97 Å². The molecule has 5 heteroatoms. The lowest BCUT2D eigenvalue weighted by atomic mass is 9.97. The zero-order valence-electron chi connectivity index (χ0n) is 8.58. The maximum atomic E-state index is 12.2. The zero-order valence-corrected chi connectivity index (χ0v) is 8.58. The van der Waals surface area contributed by atoms with Crippen molar-refractivity contribution < 1.29 is 23.1 Å². The van der Waals surface area contributed by atoms with E-state index in [0.29, 0.717) is 5.56 Å². The molecule has 16 heavy (non-hydrogen) atoms. The minimum absolute atomic E-state index is 0.0919. The number of benzene rings is 1. The van der Waals surface area contributed by atoms with Gasteiger partial charge in [0.15, 0.2) is 0 Å². The van der Waals surface area contributed by atoms with Crippen molar-refractivity contribution in [3.8, 4) is 0 Å². The molecule has 2 nitrogen and oxygen atoms in total. The molecule has 0 heterocycles. The van der Waals surface area contributed by atoms with Gasteiger partial charge in [0, 0.05) is 0 Å². The first-order chi connectivity index (χ1) is 7.30. The van der Waals surface area contributed by atoms with Gasteiger partial charge in [-0.25, -0.2) is 0 Å². The molecule has 1 unspecified atom stereocenters. The molecule has 0 amide bonds. The third-order valence-corrected chi connectivity index (χ3v) is 2.29. The second kappa shape index (κ2) is 4.55.